The van der Waals surface area contributed by atoms with Gasteiger partial charge in [0.25, 0.3) is 10.2 Å². The summed E-state index contributed by atoms with van der Waals surface area (Å²) in [6.45, 7) is 5.53. The summed E-state index contributed by atoms with van der Waals surface area (Å²) < 4.78 is 27.0. The van der Waals surface area contributed by atoms with Gasteiger partial charge in [-0.25, -0.2) is 4.72 Å². The lowest BCUT2D eigenvalue weighted by molar-refractivity contribution is 0.216. The van der Waals surface area contributed by atoms with Crippen molar-refractivity contribution in [3.8, 4) is 0 Å². The lowest BCUT2D eigenvalue weighted by atomic mass is 10.1. The highest BCUT2D eigenvalue weighted by molar-refractivity contribution is 7.87. The zero-order chi connectivity index (χ0) is 10.5. The molecule has 0 spiro atoms. The Labute approximate surface area is 79.7 Å². The van der Waals surface area contributed by atoms with Crippen LogP contribution in [0.3, 0.4) is 0 Å². The summed E-state index contributed by atoms with van der Waals surface area (Å²) >= 11 is 0. The van der Waals surface area contributed by atoms with Gasteiger partial charge < -0.3 is 5.11 Å². The fourth-order valence-electron chi connectivity index (χ4n) is 0.751. The standard InChI is InChI=1S/C7H18N2O3S/c1-4-8-13(11,12)9-7(3)6(2)5-10/h6-10H,4-5H2,1-3H3. The third-order valence-corrected chi connectivity index (χ3v) is 3.17. The van der Waals surface area contributed by atoms with Crippen molar-refractivity contribution >= 4 is 10.2 Å². The predicted molar refractivity (Wildman–Crippen MR) is 51.4 cm³/mol. The van der Waals surface area contributed by atoms with E-state index in [-0.39, 0.29) is 18.6 Å². The quantitative estimate of drug-likeness (QED) is 0.550. The molecule has 13 heavy (non-hydrogen) atoms. The Morgan fingerprint density at radius 3 is 2.31 bits per heavy atom. The van der Waals surface area contributed by atoms with Crippen molar-refractivity contribution in [2.75, 3.05) is 13.2 Å². The molecule has 2 atom stereocenters. The first-order valence-electron chi connectivity index (χ1n) is 4.30. The van der Waals surface area contributed by atoms with Crippen LogP contribution in [-0.4, -0.2) is 32.7 Å². The van der Waals surface area contributed by atoms with E-state index in [2.05, 4.69) is 9.44 Å². The highest BCUT2D eigenvalue weighted by Crippen LogP contribution is 2.01. The first-order chi connectivity index (χ1) is 5.93. The van der Waals surface area contributed by atoms with Crippen LogP contribution in [-0.2, 0) is 10.2 Å². The Morgan fingerprint density at radius 1 is 1.38 bits per heavy atom. The summed E-state index contributed by atoms with van der Waals surface area (Å²) in [5.41, 5.74) is 0. The minimum absolute atomic E-state index is 0.0319. The lowest BCUT2D eigenvalue weighted by Crippen LogP contribution is -2.44. The molecule has 0 aromatic carbocycles. The van der Waals surface area contributed by atoms with E-state index in [1.54, 1.807) is 20.8 Å². The summed E-state index contributed by atoms with van der Waals surface area (Å²) in [7, 11) is -3.40. The van der Waals surface area contributed by atoms with Crippen molar-refractivity contribution in [3.05, 3.63) is 0 Å². The van der Waals surface area contributed by atoms with E-state index in [9.17, 15) is 8.42 Å². The summed E-state index contributed by atoms with van der Waals surface area (Å²) in [5.74, 6) is -0.0894. The predicted octanol–water partition coefficient (Wildman–Crippen LogP) is -0.553. The highest BCUT2D eigenvalue weighted by atomic mass is 32.2. The highest BCUT2D eigenvalue weighted by Gasteiger charge is 2.17. The van der Waals surface area contributed by atoms with E-state index < -0.39 is 10.2 Å². The average molecular weight is 210 g/mol. The second kappa shape index (κ2) is 5.54. The molecule has 80 valence electrons. The smallest absolute Gasteiger partial charge is 0.277 e. The second-order valence-electron chi connectivity index (χ2n) is 3.07. The van der Waals surface area contributed by atoms with Gasteiger partial charge in [-0.3, -0.25) is 0 Å². The molecular weight excluding hydrogens is 192 g/mol. The molecular formula is C7H18N2O3S. The molecule has 0 aromatic rings. The first-order valence-corrected chi connectivity index (χ1v) is 5.79. The monoisotopic (exact) mass is 210 g/mol. The molecule has 0 aliphatic carbocycles. The van der Waals surface area contributed by atoms with Crippen molar-refractivity contribution in [1.29, 1.82) is 0 Å². The number of rotatable bonds is 6. The van der Waals surface area contributed by atoms with Crippen LogP contribution in [0.1, 0.15) is 20.8 Å². The van der Waals surface area contributed by atoms with Gasteiger partial charge in [-0.2, -0.15) is 13.1 Å². The Bertz CT molecular complexity index is 228. The molecule has 5 nitrogen and oxygen atoms in total. The van der Waals surface area contributed by atoms with Crippen molar-refractivity contribution in [3.63, 3.8) is 0 Å². The summed E-state index contributed by atoms with van der Waals surface area (Å²) in [6.07, 6.45) is 0. The minimum Gasteiger partial charge on any atom is -0.396 e. The van der Waals surface area contributed by atoms with Crippen LogP contribution in [0.5, 0.6) is 0 Å². The summed E-state index contributed by atoms with van der Waals surface area (Å²) in [4.78, 5) is 0. The molecule has 0 fully saturated rings. The topological polar surface area (TPSA) is 78.4 Å². The molecule has 6 heteroatoms. The van der Waals surface area contributed by atoms with Gasteiger partial charge in [-0.1, -0.05) is 13.8 Å². The molecule has 2 unspecified atom stereocenters. The zero-order valence-electron chi connectivity index (χ0n) is 8.24. The first kappa shape index (κ1) is 12.8. The maximum atomic E-state index is 11.2. The Morgan fingerprint density at radius 2 is 1.92 bits per heavy atom. The third-order valence-electron chi connectivity index (χ3n) is 1.82. The second-order valence-corrected chi connectivity index (χ2v) is 4.60. The molecule has 0 saturated heterocycles. The van der Waals surface area contributed by atoms with Gasteiger partial charge >= 0.3 is 0 Å². The van der Waals surface area contributed by atoms with E-state index in [1.807, 2.05) is 0 Å². The van der Waals surface area contributed by atoms with Gasteiger partial charge in [-0.15, -0.1) is 0 Å². The molecule has 0 bridgehead atoms. The maximum Gasteiger partial charge on any atom is 0.277 e. The van der Waals surface area contributed by atoms with Gasteiger partial charge in [0, 0.05) is 19.2 Å². The third kappa shape index (κ3) is 5.20. The van der Waals surface area contributed by atoms with Crippen molar-refractivity contribution in [2.24, 2.45) is 5.92 Å². The van der Waals surface area contributed by atoms with Gasteiger partial charge in [-0.05, 0) is 12.8 Å². The minimum atomic E-state index is -3.40. The average Bonchev–Trinajstić information content (AvgIpc) is 2.01. The summed E-state index contributed by atoms with van der Waals surface area (Å²) in [5, 5.41) is 8.78. The van der Waals surface area contributed by atoms with Gasteiger partial charge in [0.2, 0.25) is 0 Å². The van der Waals surface area contributed by atoms with Crippen LogP contribution < -0.4 is 9.44 Å². The molecule has 0 saturated carbocycles. The molecule has 0 heterocycles. The summed E-state index contributed by atoms with van der Waals surface area (Å²) in [6, 6.07) is -0.269. The molecule has 0 aliphatic rings. The molecule has 0 aromatic heterocycles. The number of aliphatic hydroxyl groups excluding tert-OH is 1. The van der Waals surface area contributed by atoms with Crippen LogP contribution >= 0.6 is 0 Å². The van der Waals surface area contributed by atoms with E-state index in [0.29, 0.717) is 6.54 Å². The van der Waals surface area contributed by atoms with Crippen LogP contribution in [0.4, 0.5) is 0 Å². The van der Waals surface area contributed by atoms with Crippen LogP contribution in [0, 0.1) is 5.92 Å². The molecule has 0 amide bonds. The lowest BCUT2D eigenvalue weighted by Gasteiger charge is -2.18. The van der Waals surface area contributed by atoms with Crippen LogP contribution in [0.25, 0.3) is 0 Å². The number of hydrogen-bond donors (Lipinski definition) is 3. The van der Waals surface area contributed by atoms with Gasteiger partial charge in [0.1, 0.15) is 0 Å². The van der Waals surface area contributed by atoms with E-state index in [0.717, 1.165) is 0 Å². The Kier molecular flexibility index (Phi) is 5.46. The molecule has 3 N–H and O–H groups in total. The van der Waals surface area contributed by atoms with E-state index in [4.69, 9.17) is 5.11 Å². The fraction of sp³-hybridized carbons (Fsp3) is 1.00. The van der Waals surface area contributed by atoms with Gasteiger partial charge in [0.15, 0.2) is 0 Å². The molecule has 0 rings (SSSR count). The normalized spacial score (nSPS) is 16.9. The van der Waals surface area contributed by atoms with Crippen LogP contribution in [0.2, 0.25) is 0 Å². The van der Waals surface area contributed by atoms with E-state index >= 15 is 0 Å². The fourth-order valence-corrected chi connectivity index (χ4v) is 1.94. The number of aliphatic hydroxyl groups is 1. The maximum absolute atomic E-state index is 11.2. The van der Waals surface area contributed by atoms with E-state index in [1.165, 1.54) is 0 Å². The number of hydrogen-bond acceptors (Lipinski definition) is 3. The zero-order valence-corrected chi connectivity index (χ0v) is 9.06. The molecule has 0 radical (unpaired) electrons. The van der Waals surface area contributed by atoms with Crippen molar-refractivity contribution in [2.45, 2.75) is 26.8 Å². The number of nitrogens with one attached hydrogen (secondary N) is 2. The van der Waals surface area contributed by atoms with Crippen molar-refractivity contribution in [1.82, 2.24) is 9.44 Å². The van der Waals surface area contributed by atoms with Crippen molar-refractivity contribution < 1.29 is 13.5 Å². The largest absolute Gasteiger partial charge is 0.396 e. The Balaban J connectivity index is 4.11. The Hall–Kier alpha value is -0.170. The SMILES string of the molecule is CCNS(=O)(=O)NC(C)C(C)CO. The molecule has 0 aliphatic heterocycles. The van der Waals surface area contributed by atoms with Crippen LogP contribution in [0.15, 0.2) is 0 Å². The van der Waals surface area contributed by atoms with Gasteiger partial charge in [0.05, 0.1) is 0 Å².